The van der Waals surface area contributed by atoms with Gasteiger partial charge in [0.25, 0.3) is 5.69 Å². The maximum atomic E-state index is 14.6. The van der Waals surface area contributed by atoms with Gasteiger partial charge in [-0.3, -0.25) is 29.5 Å². The average molecular weight is 543 g/mol. The molecule has 3 aromatic carbocycles. The molecule has 0 radical (unpaired) electrons. The number of pyridine rings is 1. The van der Waals surface area contributed by atoms with Crippen molar-refractivity contribution in [3.8, 4) is 0 Å². The van der Waals surface area contributed by atoms with E-state index in [1.165, 1.54) is 30.5 Å². The molecule has 0 bridgehead atoms. The van der Waals surface area contributed by atoms with E-state index in [9.17, 15) is 24.5 Å². The quantitative estimate of drug-likeness (QED) is 0.217. The summed E-state index contributed by atoms with van der Waals surface area (Å²) in [4.78, 5) is 60.3. The number of nitro benzene ring substituents is 1. The molecule has 0 aliphatic carbocycles. The lowest BCUT2D eigenvalue weighted by Gasteiger charge is -2.37. The van der Waals surface area contributed by atoms with Gasteiger partial charge in [-0.25, -0.2) is 0 Å². The number of ketones is 2. The molecular formula is C32H22N4O5. The summed E-state index contributed by atoms with van der Waals surface area (Å²) in [6.07, 6.45) is 5.33. The summed E-state index contributed by atoms with van der Waals surface area (Å²) in [5, 5.41) is 14.3. The first kappa shape index (κ1) is 24.6. The van der Waals surface area contributed by atoms with Crippen molar-refractivity contribution in [1.29, 1.82) is 0 Å². The fourth-order valence-corrected chi connectivity index (χ4v) is 6.71. The third kappa shape index (κ3) is 3.42. The van der Waals surface area contributed by atoms with Gasteiger partial charge >= 0.3 is 0 Å². The van der Waals surface area contributed by atoms with Crippen molar-refractivity contribution < 1.29 is 19.3 Å². The lowest BCUT2D eigenvalue weighted by molar-refractivity contribution is -0.384. The normalized spacial score (nSPS) is 23.5. The van der Waals surface area contributed by atoms with Crippen molar-refractivity contribution in [1.82, 2.24) is 4.98 Å². The molecule has 9 nitrogen and oxygen atoms in total. The number of nitrogens with zero attached hydrogens (tertiary/aromatic N) is 3. The van der Waals surface area contributed by atoms with Gasteiger partial charge in [0.15, 0.2) is 11.6 Å². The molecule has 41 heavy (non-hydrogen) atoms. The summed E-state index contributed by atoms with van der Waals surface area (Å²) in [6, 6.07) is 23.3. The first-order valence-corrected chi connectivity index (χ1v) is 13.1. The predicted octanol–water partition coefficient (Wildman–Crippen LogP) is 4.85. The smallest absolute Gasteiger partial charge is 0.269 e. The van der Waals surface area contributed by atoms with Crippen LogP contribution in [-0.4, -0.2) is 39.5 Å². The van der Waals surface area contributed by atoms with E-state index in [0.717, 1.165) is 5.56 Å². The molecule has 3 aliphatic heterocycles. The van der Waals surface area contributed by atoms with Crippen molar-refractivity contribution in [2.75, 3.05) is 10.2 Å². The van der Waals surface area contributed by atoms with Gasteiger partial charge in [-0.1, -0.05) is 54.6 Å². The topological polar surface area (TPSA) is 123 Å². The molecule has 4 aromatic rings. The van der Waals surface area contributed by atoms with Gasteiger partial charge in [-0.05, 0) is 47.5 Å². The maximum absolute atomic E-state index is 14.6. The van der Waals surface area contributed by atoms with Gasteiger partial charge in [0.2, 0.25) is 5.91 Å². The number of Topliss-reactive ketones (excluding diaryl/α,β-unsaturated/α-hetero) is 2. The zero-order chi connectivity index (χ0) is 28.3. The second kappa shape index (κ2) is 9.06. The minimum Gasteiger partial charge on any atom is -0.352 e. The predicted molar refractivity (Wildman–Crippen MR) is 152 cm³/mol. The van der Waals surface area contributed by atoms with E-state index in [4.69, 9.17) is 0 Å². The number of para-hydroxylation sites is 2. The number of non-ortho nitro benzene ring substituents is 1. The molecular weight excluding hydrogens is 520 g/mol. The van der Waals surface area contributed by atoms with Crippen LogP contribution in [-0.2, 0) is 10.2 Å². The molecule has 1 spiro atoms. The molecule has 7 rings (SSSR count). The fourth-order valence-electron chi connectivity index (χ4n) is 6.71. The van der Waals surface area contributed by atoms with Crippen LogP contribution < -0.4 is 10.2 Å². The van der Waals surface area contributed by atoms with Gasteiger partial charge in [0, 0.05) is 35.3 Å². The van der Waals surface area contributed by atoms with Gasteiger partial charge in [0.05, 0.1) is 16.9 Å². The standard InChI is InChI=1S/C32H22N4O5/c37-29(20-12-15-21(16-13-20)36(40)41)28-27(30(38)24-10-5-6-18-33-24)32(22-8-2-3-9-23(22)34-31(32)39)26-17-14-19-7-1-4-11-25(19)35(26)28/h1-18,26-28H,(H,34,39)/t26-,27+,28-,32+/m0/s1. The van der Waals surface area contributed by atoms with Gasteiger partial charge < -0.3 is 10.2 Å². The number of rotatable bonds is 5. The number of fused-ring (bicyclic) bond motifs is 6. The zero-order valence-electron chi connectivity index (χ0n) is 21.5. The molecule has 4 heterocycles. The Bertz CT molecular complexity index is 1790. The Kier molecular flexibility index (Phi) is 5.43. The number of nitrogens with one attached hydrogen (secondary N) is 1. The largest absolute Gasteiger partial charge is 0.352 e. The van der Waals surface area contributed by atoms with Crippen LogP contribution in [0.5, 0.6) is 0 Å². The lowest BCUT2D eigenvalue weighted by atomic mass is 9.64. The molecule has 1 saturated heterocycles. The average Bonchev–Trinajstić information content (AvgIpc) is 3.49. The Morgan fingerprint density at radius 3 is 2.39 bits per heavy atom. The second-order valence-corrected chi connectivity index (χ2v) is 10.3. The molecule has 4 atom stereocenters. The lowest BCUT2D eigenvalue weighted by Crippen LogP contribution is -2.51. The van der Waals surface area contributed by atoms with Crippen LogP contribution in [0.2, 0.25) is 0 Å². The number of amides is 1. The Hall–Kier alpha value is -5.44. The molecule has 1 amide bonds. The van der Waals surface area contributed by atoms with E-state index in [0.29, 0.717) is 16.9 Å². The molecule has 9 heteroatoms. The van der Waals surface area contributed by atoms with Crippen LogP contribution in [0.25, 0.3) is 6.08 Å². The van der Waals surface area contributed by atoms with Gasteiger partial charge in [-0.15, -0.1) is 0 Å². The van der Waals surface area contributed by atoms with E-state index in [2.05, 4.69) is 10.3 Å². The maximum Gasteiger partial charge on any atom is 0.269 e. The molecule has 3 aliphatic rings. The number of aromatic nitrogens is 1. The van der Waals surface area contributed by atoms with Crippen LogP contribution in [0.15, 0.2) is 103 Å². The van der Waals surface area contributed by atoms with Crippen LogP contribution in [0.4, 0.5) is 17.1 Å². The molecule has 1 N–H and O–H groups in total. The Labute approximate surface area is 234 Å². The third-order valence-electron chi connectivity index (χ3n) is 8.37. The number of anilines is 2. The highest BCUT2D eigenvalue weighted by Crippen LogP contribution is 2.58. The van der Waals surface area contributed by atoms with Crippen molar-refractivity contribution in [2.24, 2.45) is 5.92 Å². The van der Waals surface area contributed by atoms with E-state index in [1.807, 2.05) is 59.5 Å². The fraction of sp³-hybridized carbons (Fsp3) is 0.125. The number of hydrogen-bond donors (Lipinski definition) is 1. The Morgan fingerprint density at radius 1 is 0.902 bits per heavy atom. The zero-order valence-corrected chi connectivity index (χ0v) is 21.5. The van der Waals surface area contributed by atoms with E-state index >= 15 is 0 Å². The highest BCUT2D eigenvalue weighted by atomic mass is 16.6. The summed E-state index contributed by atoms with van der Waals surface area (Å²) in [7, 11) is 0. The summed E-state index contributed by atoms with van der Waals surface area (Å²) < 4.78 is 0. The molecule has 1 fully saturated rings. The minimum atomic E-state index is -1.45. The van der Waals surface area contributed by atoms with Gasteiger partial charge in [-0.2, -0.15) is 0 Å². The van der Waals surface area contributed by atoms with E-state index in [1.54, 1.807) is 24.3 Å². The Balaban J connectivity index is 1.51. The second-order valence-electron chi connectivity index (χ2n) is 10.3. The summed E-state index contributed by atoms with van der Waals surface area (Å²) in [6.45, 7) is 0. The van der Waals surface area contributed by atoms with E-state index in [-0.39, 0.29) is 22.9 Å². The van der Waals surface area contributed by atoms with Crippen LogP contribution in [0, 0.1) is 16.0 Å². The summed E-state index contributed by atoms with van der Waals surface area (Å²) >= 11 is 0. The Morgan fingerprint density at radius 2 is 1.63 bits per heavy atom. The highest BCUT2D eigenvalue weighted by molar-refractivity contribution is 6.18. The first-order valence-electron chi connectivity index (χ1n) is 13.1. The highest BCUT2D eigenvalue weighted by Gasteiger charge is 2.70. The van der Waals surface area contributed by atoms with Gasteiger partial charge in [0.1, 0.15) is 17.2 Å². The van der Waals surface area contributed by atoms with Crippen LogP contribution >= 0.6 is 0 Å². The number of hydrogen-bond acceptors (Lipinski definition) is 7. The molecule has 0 saturated carbocycles. The molecule has 0 unspecified atom stereocenters. The van der Waals surface area contributed by atoms with Crippen molar-refractivity contribution in [3.63, 3.8) is 0 Å². The summed E-state index contributed by atoms with van der Waals surface area (Å²) in [5.74, 6) is -2.38. The number of carbonyl (C=O) groups excluding carboxylic acids is 3. The van der Waals surface area contributed by atoms with E-state index < -0.39 is 39.9 Å². The van der Waals surface area contributed by atoms with Crippen LogP contribution in [0.3, 0.4) is 0 Å². The SMILES string of the molecule is O=C(c1ccc([N+](=O)[O-])cc1)[C@@H]1[C@H](C(=O)c2ccccn2)[C@]2(C(=O)Nc3ccccc32)[C@@H]2C=Cc3ccccc3N12. The first-order chi connectivity index (χ1) is 19.9. The van der Waals surface area contributed by atoms with Crippen LogP contribution in [0.1, 0.15) is 32.0 Å². The van der Waals surface area contributed by atoms with Crippen molar-refractivity contribution in [3.05, 3.63) is 136 Å². The number of nitro groups is 1. The summed E-state index contributed by atoms with van der Waals surface area (Å²) in [5.41, 5.74) is 1.53. The number of benzene rings is 3. The molecule has 200 valence electrons. The number of carbonyl (C=O) groups is 3. The third-order valence-corrected chi connectivity index (χ3v) is 8.37. The molecule has 1 aromatic heterocycles. The minimum absolute atomic E-state index is 0.146. The van der Waals surface area contributed by atoms with Crippen molar-refractivity contribution in [2.45, 2.75) is 17.5 Å². The monoisotopic (exact) mass is 542 g/mol. The van der Waals surface area contributed by atoms with Crippen molar-refractivity contribution >= 4 is 40.6 Å².